The number of halogens is 1. The lowest BCUT2D eigenvalue weighted by atomic mass is 10.1. The lowest BCUT2D eigenvalue weighted by molar-refractivity contribution is -0.384. The molecule has 2 N–H and O–H groups in total. The molecule has 0 spiro atoms. The van der Waals surface area contributed by atoms with Crippen molar-refractivity contribution in [2.75, 3.05) is 5.32 Å². The second kappa shape index (κ2) is 6.66. The second-order valence-electron chi connectivity index (χ2n) is 6.32. The van der Waals surface area contributed by atoms with Gasteiger partial charge in [-0.15, -0.1) is 0 Å². The SMILES string of the molecule is CC(C)(C)NC(=O)c1ccc(F)cc1Nc1ccc([N+](=O)[O-])cc1. The number of nitrogens with zero attached hydrogens (tertiary/aromatic N) is 1. The van der Waals surface area contributed by atoms with Crippen molar-refractivity contribution in [2.45, 2.75) is 26.3 Å². The molecular formula is C17H18FN3O3. The molecular weight excluding hydrogens is 313 g/mol. The van der Waals surface area contributed by atoms with Crippen LogP contribution < -0.4 is 10.6 Å². The molecule has 0 bridgehead atoms. The van der Waals surface area contributed by atoms with Gasteiger partial charge in [0.25, 0.3) is 11.6 Å². The molecule has 24 heavy (non-hydrogen) atoms. The molecule has 6 nitrogen and oxygen atoms in total. The van der Waals surface area contributed by atoms with Gasteiger partial charge in [0.15, 0.2) is 0 Å². The van der Waals surface area contributed by atoms with Gasteiger partial charge in [0.2, 0.25) is 0 Å². The van der Waals surface area contributed by atoms with E-state index in [1.165, 1.54) is 42.5 Å². The van der Waals surface area contributed by atoms with Gasteiger partial charge in [-0.25, -0.2) is 4.39 Å². The molecule has 0 heterocycles. The first kappa shape index (κ1) is 17.4. The van der Waals surface area contributed by atoms with Gasteiger partial charge in [-0.2, -0.15) is 0 Å². The van der Waals surface area contributed by atoms with E-state index in [0.29, 0.717) is 5.69 Å². The molecule has 2 rings (SSSR count). The highest BCUT2D eigenvalue weighted by molar-refractivity contribution is 6.00. The summed E-state index contributed by atoms with van der Waals surface area (Å²) in [6, 6.07) is 9.46. The minimum atomic E-state index is -0.506. The summed E-state index contributed by atoms with van der Waals surface area (Å²) in [5.74, 6) is -0.835. The Morgan fingerprint density at radius 2 is 1.75 bits per heavy atom. The molecule has 0 aliphatic rings. The van der Waals surface area contributed by atoms with Gasteiger partial charge in [0.1, 0.15) is 5.82 Å². The first-order valence-electron chi connectivity index (χ1n) is 7.29. The van der Waals surface area contributed by atoms with Crippen molar-refractivity contribution in [2.24, 2.45) is 0 Å². The summed E-state index contributed by atoms with van der Waals surface area (Å²) in [6.07, 6.45) is 0. The third kappa shape index (κ3) is 4.52. The summed E-state index contributed by atoms with van der Waals surface area (Å²) in [5.41, 5.74) is 0.590. The van der Waals surface area contributed by atoms with Crippen LogP contribution in [-0.2, 0) is 0 Å². The van der Waals surface area contributed by atoms with Crippen molar-refractivity contribution < 1.29 is 14.1 Å². The van der Waals surface area contributed by atoms with Gasteiger partial charge in [-0.1, -0.05) is 0 Å². The standard InChI is InChI=1S/C17H18FN3O3/c1-17(2,3)20-16(22)14-9-4-11(18)10-15(14)19-12-5-7-13(8-6-12)21(23)24/h4-10,19H,1-3H3,(H,20,22). The summed E-state index contributed by atoms with van der Waals surface area (Å²) in [5, 5.41) is 16.4. The quantitative estimate of drug-likeness (QED) is 0.655. The van der Waals surface area contributed by atoms with Gasteiger partial charge in [0.05, 0.1) is 16.2 Å². The average molecular weight is 331 g/mol. The average Bonchev–Trinajstić information content (AvgIpc) is 2.46. The van der Waals surface area contributed by atoms with Crippen LogP contribution in [0.15, 0.2) is 42.5 Å². The van der Waals surface area contributed by atoms with Crippen molar-refractivity contribution in [3.05, 3.63) is 64.0 Å². The maximum Gasteiger partial charge on any atom is 0.269 e. The van der Waals surface area contributed by atoms with E-state index in [1.807, 2.05) is 20.8 Å². The molecule has 0 aromatic heterocycles. The normalized spacial score (nSPS) is 11.0. The molecule has 0 unspecified atom stereocenters. The van der Waals surface area contributed by atoms with Gasteiger partial charge in [-0.3, -0.25) is 14.9 Å². The van der Waals surface area contributed by atoms with Crippen LogP contribution in [0.5, 0.6) is 0 Å². The van der Waals surface area contributed by atoms with Crippen LogP contribution in [0.1, 0.15) is 31.1 Å². The van der Waals surface area contributed by atoms with Crippen molar-refractivity contribution in [3.63, 3.8) is 0 Å². The fourth-order valence-corrected chi connectivity index (χ4v) is 2.05. The van der Waals surface area contributed by atoms with Crippen LogP contribution in [0.25, 0.3) is 0 Å². The van der Waals surface area contributed by atoms with Crippen LogP contribution in [0, 0.1) is 15.9 Å². The Balaban J connectivity index is 2.30. The molecule has 2 aromatic carbocycles. The Hall–Kier alpha value is -2.96. The highest BCUT2D eigenvalue weighted by Crippen LogP contribution is 2.24. The van der Waals surface area contributed by atoms with Gasteiger partial charge in [0, 0.05) is 23.4 Å². The number of anilines is 2. The zero-order valence-corrected chi connectivity index (χ0v) is 13.6. The number of nitro groups is 1. The van der Waals surface area contributed by atoms with Crippen molar-refractivity contribution in [1.82, 2.24) is 5.32 Å². The third-order valence-corrected chi connectivity index (χ3v) is 3.07. The van der Waals surface area contributed by atoms with Crippen LogP contribution in [0.4, 0.5) is 21.5 Å². The Labute approximate surface area is 138 Å². The summed E-state index contributed by atoms with van der Waals surface area (Å²) in [7, 11) is 0. The Bertz CT molecular complexity index is 768. The molecule has 126 valence electrons. The van der Waals surface area contributed by atoms with Gasteiger partial charge >= 0.3 is 0 Å². The molecule has 2 aromatic rings. The van der Waals surface area contributed by atoms with Crippen molar-refractivity contribution in [3.8, 4) is 0 Å². The van der Waals surface area contributed by atoms with E-state index in [4.69, 9.17) is 0 Å². The molecule has 7 heteroatoms. The summed E-state index contributed by atoms with van der Waals surface area (Å²) in [4.78, 5) is 22.5. The fourth-order valence-electron chi connectivity index (χ4n) is 2.05. The third-order valence-electron chi connectivity index (χ3n) is 3.07. The fraction of sp³-hybridized carbons (Fsp3) is 0.235. The van der Waals surface area contributed by atoms with Crippen molar-refractivity contribution in [1.29, 1.82) is 0 Å². The number of hydrogen-bond acceptors (Lipinski definition) is 4. The second-order valence-corrected chi connectivity index (χ2v) is 6.32. The number of carbonyl (C=O) groups excluding carboxylic acids is 1. The smallest absolute Gasteiger partial charge is 0.269 e. The van der Waals surface area contributed by atoms with Gasteiger partial charge < -0.3 is 10.6 Å². The Morgan fingerprint density at radius 3 is 2.29 bits per heavy atom. The Morgan fingerprint density at radius 1 is 1.12 bits per heavy atom. The summed E-state index contributed by atoms with van der Waals surface area (Å²) < 4.78 is 13.6. The van der Waals surface area contributed by atoms with E-state index in [2.05, 4.69) is 10.6 Å². The highest BCUT2D eigenvalue weighted by atomic mass is 19.1. The molecule has 0 radical (unpaired) electrons. The first-order chi connectivity index (χ1) is 11.2. The maximum absolute atomic E-state index is 13.6. The zero-order valence-electron chi connectivity index (χ0n) is 13.6. The number of hydrogen-bond donors (Lipinski definition) is 2. The van der Waals surface area contributed by atoms with Crippen LogP contribution in [0.3, 0.4) is 0 Å². The largest absolute Gasteiger partial charge is 0.355 e. The molecule has 0 aliphatic heterocycles. The lowest BCUT2D eigenvalue weighted by Crippen LogP contribution is -2.40. The van der Waals surface area contributed by atoms with Crippen molar-refractivity contribution >= 4 is 23.0 Å². The molecule has 0 saturated heterocycles. The predicted molar refractivity (Wildman–Crippen MR) is 90.0 cm³/mol. The highest BCUT2D eigenvalue weighted by Gasteiger charge is 2.18. The number of benzene rings is 2. The van der Waals surface area contributed by atoms with E-state index in [1.54, 1.807) is 0 Å². The molecule has 0 atom stereocenters. The van der Waals surface area contributed by atoms with Gasteiger partial charge in [-0.05, 0) is 51.1 Å². The molecule has 0 fully saturated rings. The van der Waals surface area contributed by atoms with E-state index >= 15 is 0 Å². The van der Waals surface area contributed by atoms with E-state index in [-0.39, 0.29) is 22.8 Å². The number of non-ortho nitro benzene ring substituents is 1. The molecule has 0 saturated carbocycles. The number of amides is 1. The summed E-state index contributed by atoms with van der Waals surface area (Å²) in [6.45, 7) is 5.54. The van der Waals surface area contributed by atoms with E-state index < -0.39 is 16.3 Å². The lowest BCUT2D eigenvalue weighted by Gasteiger charge is -2.21. The van der Waals surface area contributed by atoms with E-state index in [9.17, 15) is 19.3 Å². The minimum Gasteiger partial charge on any atom is -0.355 e. The van der Waals surface area contributed by atoms with Crippen LogP contribution in [0.2, 0.25) is 0 Å². The number of nitro benzene ring substituents is 1. The predicted octanol–water partition coefficient (Wildman–Crippen LogP) is 4.01. The van der Waals surface area contributed by atoms with E-state index in [0.717, 1.165) is 0 Å². The number of carbonyl (C=O) groups is 1. The number of nitrogens with one attached hydrogen (secondary N) is 2. The topological polar surface area (TPSA) is 84.3 Å². The molecule has 1 amide bonds. The van der Waals surface area contributed by atoms with Crippen LogP contribution in [-0.4, -0.2) is 16.4 Å². The monoisotopic (exact) mass is 331 g/mol. The minimum absolute atomic E-state index is 0.0505. The van der Waals surface area contributed by atoms with Crippen LogP contribution >= 0.6 is 0 Å². The maximum atomic E-state index is 13.6. The first-order valence-corrected chi connectivity index (χ1v) is 7.29. The number of rotatable bonds is 4. The Kier molecular flexibility index (Phi) is 4.82. The zero-order chi connectivity index (χ0) is 17.9. The molecule has 0 aliphatic carbocycles. The summed E-state index contributed by atoms with van der Waals surface area (Å²) >= 11 is 0.